The molecule has 1 aliphatic rings. The average Bonchev–Trinajstić information content (AvgIpc) is 2.86. The Morgan fingerprint density at radius 3 is 2.84 bits per heavy atom. The van der Waals surface area contributed by atoms with Gasteiger partial charge in [0.05, 0.1) is 12.2 Å². The van der Waals surface area contributed by atoms with Crippen molar-refractivity contribution in [2.45, 2.75) is 13.3 Å². The van der Waals surface area contributed by atoms with Crippen LogP contribution in [0.25, 0.3) is 11.1 Å². The topological polar surface area (TPSA) is 46.5 Å². The summed E-state index contributed by atoms with van der Waals surface area (Å²) >= 11 is 0. The minimum absolute atomic E-state index is 0.317. The SMILES string of the molecule is Cc1ccc(C(=O)O)cc1-c1ccc2c(c1)CCO2. The molecule has 0 saturated heterocycles. The van der Waals surface area contributed by atoms with E-state index < -0.39 is 5.97 Å². The molecule has 2 aromatic carbocycles. The molecule has 0 saturated carbocycles. The lowest BCUT2D eigenvalue weighted by Gasteiger charge is -2.09. The van der Waals surface area contributed by atoms with E-state index in [1.165, 1.54) is 5.56 Å². The highest BCUT2D eigenvalue weighted by Crippen LogP contribution is 2.32. The first-order valence-corrected chi connectivity index (χ1v) is 6.25. The highest BCUT2D eigenvalue weighted by atomic mass is 16.5. The van der Waals surface area contributed by atoms with Crippen LogP contribution in [0.4, 0.5) is 0 Å². The van der Waals surface area contributed by atoms with Crippen LogP contribution >= 0.6 is 0 Å². The lowest BCUT2D eigenvalue weighted by Crippen LogP contribution is -1.97. The van der Waals surface area contributed by atoms with Gasteiger partial charge in [0.15, 0.2) is 0 Å². The van der Waals surface area contributed by atoms with Crippen molar-refractivity contribution in [2.24, 2.45) is 0 Å². The summed E-state index contributed by atoms with van der Waals surface area (Å²) in [6.45, 7) is 2.72. The molecule has 0 spiro atoms. The van der Waals surface area contributed by atoms with Gasteiger partial charge in [0.25, 0.3) is 0 Å². The second-order valence-electron chi connectivity index (χ2n) is 4.76. The number of benzene rings is 2. The molecule has 1 heterocycles. The number of aryl methyl sites for hydroxylation is 1. The molecule has 0 atom stereocenters. The molecule has 0 radical (unpaired) electrons. The van der Waals surface area contributed by atoms with E-state index in [2.05, 4.69) is 6.07 Å². The Labute approximate surface area is 111 Å². The normalized spacial score (nSPS) is 12.9. The van der Waals surface area contributed by atoms with Crippen LogP contribution in [0.1, 0.15) is 21.5 Å². The highest BCUT2D eigenvalue weighted by Gasteiger charge is 2.14. The Hall–Kier alpha value is -2.29. The number of hydrogen-bond donors (Lipinski definition) is 1. The third-order valence-electron chi connectivity index (χ3n) is 3.48. The molecule has 3 rings (SSSR count). The lowest BCUT2D eigenvalue weighted by molar-refractivity contribution is 0.0697. The molecule has 96 valence electrons. The minimum atomic E-state index is -0.897. The van der Waals surface area contributed by atoms with Gasteiger partial charge in [-0.15, -0.1) is 0 Å². The van der Waals surface area contributed by atoms with E-state index >= 15 is 0 Å². The predicted octanol–water partition coefficient (Wildman–Crippen LogP) is 3.30. The standard InChI is InChI=1S/C16H14O3/c1-10-2-3-13(16(17)18)9-14(10)11-4-5-15-12(8-11)6-7-19-15/h2-5,8-9H,6-7H2,1H3,(H,17,18). The fraction of sp³-hybridized carbons (Fsp3) is 0.188. The van der Waals surface area contributed by atoms with E-state index in [4.69, 9.17) is 9.84 Å². The Bertz CT molecular complexity index is 659. The molecular formula is C16H14O3. The summed E-state index contributed by atoms with van der Waals surface area (Å²) in [4.78, 5) is 11.1. The maximum atomic E-state index is 11.1. The van der Waals surface area contributed by atoms with Gasteiger partial charge in [0.2, 0.25) is 0 Å². The molecule has 1 N–H and O–H groups in total. The van der Waals surface area contributed by atoms with Crippen molar-refractivity contribution >= 4 is 5.97 Å². The average molecular weight is 254 g/mol. The van der Waals surface area contributed by atoms with Crippen LogP contribution in [-0.4, -0.2) is 17.7 Å². The zero-order valence-corrected chi connectivity index (χ0v) is 10.6. The van der Waals surface area contributed by atoms with Crippen LogP contribution < -0.4 is 4.74 Å². The highest BCUT2D eigenvalue weighted by molar-refractivity contribution is 5.90. The van der Waals surface area contributed by atoms with Gasteiger partial charge in [0.1, 0.15) is 5.75 Å². The molecule has 0 bridgehead atoms. The molecule has 1 aliphatic heterocycles. The summed E-state index contributed by atoms with van der Waals surface area (Å²) in [6, 6.07) is 11.3. The number of ether oxygens (including phenoxy) is 1. The van der Waals surface area contributed by atoms with Gasteiger partial charge in [0, 0.05) is 6.42 Å². The van der Waals surface area contributed by atoms with Crippen molar-refractivity contribution in [1.29, 1.82) is 0 Å². The molecule has 0 unspecified atom stereocenters. The van der Waals surface area contributed by atoms with Crippen LogP contribution in [0.5, 0.6) is 5.75 Å². The minimum Gasteiger partial charge on any atom is -0.493 e. The van der Waals surface area contributed by atoms with E-state index in [9.17, 15) is 4.79 Å². The van der Waals surface area contributed by atoms with E-state index in [0.29, 0.717) is 5.56 Å². The molecule has 2 aromatic rings. The van der Waals surface area contributed by atoms with E-state index in [1.54, 1.807) is 12.1 Å². The molecule has 0 aliphatic carbocycles. The number of hydrogen-bond acceptors (Lipinski definition) is 2. The van der Waals surface area contributed by atoms with E-state index in [0.717, 1.165) is 35.5 Å². The van der Waals surface area contributed by atoms with Gasteiger partial charge in [-0.25, -0.2) is 4.79 Å². The Morgan fingerprint density at radius 1 is 1.21 bits per heavy atom. The van der Waals surface area contributed by atoms with Gasteiger partial charge in [-0.05, 0) is 53.4 Å². The zero-order chi connectivity index (χ0) is 13.4. The quantitative estimate of drug-likeness (QED) is 0.894. The molecule has 0 amide bonds. The third-order valence-corrected chi connectivity index (χ3v) is 3.48. The van der Waals surface area contributed by atoms with Crippen molar-refractivity contribution in [3.8, 4) is 16.9 Å². The maximum absolute atomic E-state index is 11.1. The van der Waals surface area contributed by atoms with Crippen LogP contribution in [-0.2, 0) is 6.42 Å². The molecule has 19 heavy (non-hydrogen) atoms. The van der Waals surface area contributed by atoms with Crippen LogP contribution in [0.2, 0.25) is 0 Å². The number of aromatic carboxylic acids is 1. The smallest absolute Gasteiger partial charge is 0.335 e. The van der Waals surface area contributed by atoms with Crippen molar-refractivity contribution in [3.05, 3.63) is 53.1 Å². The summed E-state index contributed by atoms with van der Waals surface area (Å²) in [5, 5.41) is 9.08. The number of carbonyl (C=O) groups is 1. The first-order valence-electron chi connectivity index (χ1n) is 6.25. The largest absolute Gasteiger partial charge is 0.493 e. The number of carboxylic acid groups (broad SMARTS) is 1. The number of rotatable bonds is 2. The first-order chi connectivity index (χ1) is 9.15. The van der Waals surface area contributed by atoms with Gasteiger partial charge in [-0.1, -0.05) is 12.1 Å². The summed E-state index contributed by atoms with van der Waals surface area (Å²) in [5.74, 6) is 0.0431. The summed E-state index contributed by atoms with van der Waals surface area (Å²) in [6.07, 6.45) is 0.918. The fourth-order valence-corrected chi connectivity index (χ4v) is 2.42. The second kappa shape index (κ2) is 4.43. The number of fused-ring (bicyclic) bond motifs is 1. The molecule has 3 nitrogen and oxygen atoms in total. The van der Waals surface area contributed by atoms with Crippen molar-refractivity contribution in [3.63, 3.8) is 0 Å². The first kappa shape index (κ1) is 11.8. The molecular weight excluding hydrogens is 240 g/mol. The lowest BCUT2D eigenvalue weighted by atomic mass is 9.96. The molecule has 0 fully saturated rings. The maximum Gasteiger partial charge on any atom is 0.335 e. The second-order valence-corrected chi connectivity index (χ2v) is 4.76. The van der Waals surface area contributed by atoms with Crippen molar-refractivity contribution in [2.75, 3.05) is 6.61 Å². The Balaban J connectivity index is 2.11. The summed E-state index contributed by atoms with van der Waals surface area (Å²) < 4.78 is 5.49. The Kier molecular flexibility index (Phi) is 2.75. The summed E-state index contributed by atoms with van der Waals surface area (Å²) in [7, 11) is 0. The van der Waals surface area contributed by atoms with E-state index in [1.807, 2.05) is 25.1 Å². The van der Waals surface area contributed by atoms with Gasteiger partial charge in [-0.3, -0.25) is 0 Å². The summed E-state index contributed by atoms with van der Waals surface area (Å²) in [5.41, 5.74) is 4.60. The molecule has 3 heteroatoms. The fourth-order valence-electron chi connectivity index (χ4n) is 2.42. The van der Waals surface area contributed by atoms with E-state index in [-0.39, 0.29) is 0 Å². The van der Waals surface area contributed by atoms with Crippen LogP contribution in [0, 0.1) is 6.92 Å². The predicted molar refractivity (Wildman–Crippen MR) is 72.8 cm³/mol. The monoisotopic (exact) mass is 254 g/mol. The van der Waals surface area contributed by atoms with Gasteiger partial charge < -0.3 is 9.84 Å². The van der Waals surface area contributed by atoms with Crippen LogP contribution in [0.15, 0.2) is 36.4 Å². The van der Waals surface area contributed by atoms with Gasteiger partial charge in [-0.2, -0.15) is 0 Å². The third kappa shape index (κ3) is 2.08. The Morgan fingerprint density at radius 2 is 2.05 bits per heavy atom. The zero-order valence-electron chi connectivity index (χ0n) is 10.6. The molecule has 0 aromatic heterocycles. The van der Waals surface area contributed by atoms with Crippen molar-refractivity contribution < 1.29 is 14.6 Å². The van der Waals surface area contributed by atoms with Crippen LogP contribution in [0.3, 0.4) is 0 Å². The number of carboxylic acids is 1. The van der Waals surface area contributed by atoms with Gasteiger partial charge >= 0.3 is 5.97 Å². The van der Waals surface area contributed by atoms with Crippen molar-refractivity contribution in [1.82, 2.24) is 0 Å².